The van der Waals surface area contributed by atoms with Gasteiger partial charge in [0.25, 0.3) is 0 Å². The number of furan rings is 1. The first-order chi connectivity index (χ1) is 9.06. The van der Waals surface area contributed by atoms with Crippen LogP contribution in [0, 0.1) is 13.8 Å². The van der Waals surface area contributed by atoms with Crippen molar-refractivity contribution >= 4 is 0 Å². The van der Waals surface area contributed by atoms with E-state index in [1.807, 2.05) is 38.1 Å². The summed E-state index contributed by atoms with van der Waals surface area (Å²) in [4.78, 5) is 0. The van der Waals surface area contributed by atoms with Crippen LogP contribution in [0.4, 0.5) is 0 Å². The molecule has 0 saturated heterocycles. The topological polar surface area (TPSA) is 57.6 Å². The van der Waals surface area contributed by atoms with Crippen molar-refractivity contribution < 1.29 is 13.9 Å². The number of hydrogen-bond acceptors (Lipinski definition) is 4. The Morgan fingerprint density at radius 3 is 2.21 bits per heavy atom. The predicted molar refractivity (Wildman–Crippen MR) is 73.8 cm³/mol. The number of benzene rings is 1. The van der Waals surface area contributed by atoms with Gasteiger partial charge in [-0.25, -0.2) is 0 Å². The Morgan fingerprint density at radius 1 is 1.05 bits per heavy atom. The third kappa shape index (κ3) is 2.58. The van der Waals surface area contributed by atoms with Gasteiger partial charge in [0.05, 0.1) is 20.3 Å². The van der Waals surface area contributed by atoms with Crippen LogP contribution in [0.25, 0.3) is 0 Å². The Balaban J connectivity index is 2.44. The third-order valence-corrected chi connectivity index (χ3v) is 3.17. The van der Waals surface area contributed by atoms with Crippen LogP contribution in [0.15, 0.2) is 28.7 Å². The van der Waals surface area contributed by atoms with Crippen LogP contribution < -0.4 is 15.2 Å². The summed E-state index contributed by atoms with van der Waals surface area (Å²) in [5.41, 5.74) is 8.26. The maximum absolute atomic E-state index is 6.26. The molecule has 2 rings (SSSR count). The summed E-state index contributed by atoms with van der Waals surface area (Å²) in [6, 6.07) is 7.32. The van der Waals surface area contributed by atoms with E-state index < -0.39 is 0 Å². The highest BCUT2D eigenvalue weighted by Crippen LogP contribution is 2.34. The van der Waals surface area contributed by atoms with Gasteiger partial charge in [0.2, 0.25) is 0 Å². The van der Waals surface area contributed by atoms with Crippen LogP contribution in [0.1, 0.15) is 28.7 Å². The first-order valence-corrected chi connectivity index (χ1v) is 6.11. The Kier molecular flexibility index (Phi) is 3.81. The lowest BCUT2D eigenvalue weighted by molar-refractivity contribution is 0.353. The minimum absolute atomic E-state index is 0.312. The minimum atomic E-state index is -0.312. The number of ether oxygens (including phenoxy) is 2. The standard InChI is InChI=1S/C15H19NO3/c1-9-7-13(17-3)14(18-4)8-11(9)15(16)12-6-5-10(2)19-12/h5-8,15H,16H2,1-4H3. The molecule has 4 heteroatoms. The summed E-state index contributed by atoms with van der Waals surface area (Å²) in [7, 11) is 3.23. The van der Waals surface area contributed by atoms with Gasteiger partial charge in [-0.05, 0) is 49.2 Å². The molecular weight excluding hydrogens is 242 g/mol. The van der Waals surface area contributed by atoms with Crippen molar-refractivity contribution in [3.8, 4) is 11.5 Å². The molecule has 102 valence electrons. The molecule has 0 fully saturated rings. The van der Waals surface area contributed by atoms with Gasteiger partial charge < -0.3 is 19.6 Å². The Bertz CT molecular complexity index is 575. The molecule has 0 aliphatic rings. The molecule has 1 aromatic carbocycles. The molecule has 1 aromatic heterocycles. The molecule has 0 amide bonds. The molecule has 0 aliphatic heterocycles. The van der Waals surface area contributed by atoms with Crippen molar-refractivity contribution in [2.75, 3.05) is 14.2 Å². The van der Waals surface area contributed by atoms with E-state index in [4.69, 9.17) is 19.6 Å². The zero-order valence-corrected chi connectivity index (χ0v) is 11.7. The average molecular weight is 261 g/mol. The number of nitrogens with two attached hydrogens (primary N) is 1. The van der Waals surface area contributed by atoms with Crippen LogP contribution in [0.3, 0.4) is 0 Å². The van der Waals surface area contributed by atoms with E-state index in [0.717, 1.165) is 22.6 Å². The molecular formula is C15H19NO3. The lowest BCUT2D eigenvalue weighted by Crippen LogP contribution is -2.13. The number of aryl methyl sites for hydroxylation is 2. The predicted octanol–water partition coefficient (Wildman–Crippen LogP) is 2.96. The monoisotopic (exact) mass is 261 g/mol. The number of hydrogen-bond donors (Lipinski definition) is 1. The van der Waals surface area contributed by atoms with E-state index >= 15 is 0 Å². The summed E-state index contributed by atoms with van der Waals surface area (Å²) < 4.78 is 16.2. The van der Waals surface area contributed by atoms with Gasteiger partial charge in [0.15, 0.2) is 11.5 Å². The van der Waals surface area contributed by atoms with Gasteiger partial charge in [-0.1, -0.05) is 0 Å². The molecule has 1 unspecified atom stereocenters. The first-order valence-electron chi connectivity index (χ1n) is 6.11. The maximum Gasteiger partial charge on any atom is 0.161 e. The van der Waals surface area contributed by atoms with E-state index in [9.17, 15) is 0 Å². The largest absolute Gasteiger partial charge is 0.493 e. The molecule has 4 nitrogen and oxygen atoms in total. The van der Waals surface area contributed by atoms with Crippen LogP contribution in [0.2, 0.25) is 0 Å². The first kappa shape index (κ1) is 13.5. The van der Waals surface area contributed by atoms with Gasteiger partial charge in [-0.2, -0.15) is 0 Å². The van der Waals surface area contributed by atoms with E-state index in [-0.39, 0.29) is 6.04 Å². The molecule has 2 aromatic rings. The van der Waals surface area contributed by atoms with Gasteiger partial charge in [-0.15, -0.1) is 0 Å². The molecule has 0 spiro atoms. The zero-order chi connectivity index (χ0) is 14.0. The van der Waals surface area contributed by atoms with Gasteiger partial charge in [-0.3, -0.25) is 0 Å². The fraction of sp³-hybridized carbons (Fsp3) is 0.333. The Labute approximate surface area is 113 Å². The van der Waals surface area contributed by atoms with E-state index in [1.54, 1.807) is 14.2 Å². The molecule has 2 N–H and O–H groups in total. The zero-order valence-electron chi connectivity index (χ0n) is 11.7. The lowest BCUT2D eigenvalue weighted by Gasteiger charge is -2.16. The SMILES string of the molecule is COc1cc(C)c(C(N)c2ccc(C)o2)cc1OC. The van der Waals surface area contributed by atoms with Crippen molar-refractivity contribution in [2.45, 2.75) is 19.9 Å². The van der Waals surface area contributed by atoms with Crippen LogP contribution in [-0.4, -0.2) is 14.2 Å². The van der Waals surface area contributed by atoms with Crippen molar-refractivity contribution in [3.63, 3.8) is 0 Å². The Hall–Kier alpha value is -1.94. The van der Waals surface area contributed by atoms with Crippen molar-refractivity contribution in [3.05, 3.63) is 46.9 Å². The molecule has 0 aliphatic carbocycles. The highest BCUT2D eigenvalue weighted by atomic mass is 16.5. The molecule has 0 saturated carbocycles. The summed E-state index contributed by atoms with van der Waals surface area (Å²) >= 11 is 0. The third-order valence-electron chi connectivity index (χ3n) is 3.17. The smallest absolute Gasteiger partial charge is 0.161 e. The van der Waals surface area contributed by atoms with Crippen LogP contribution >= 0.6 is 0 Å². The minimum Gasteiger partial charge on any atom is -0.493 e. The fourth-order valence-corrected chi connectivity index (χ4v) is 2.11. The van der Waals surface area contributed by atoms with Crippen LogP contribution in [-0.2, 0) is 0 Å². The second kappa shape index (κ2) is 5.36. The highest BCUT2D eigenvalue weighted by molar-refractivity contribution is 5.49. The van der Waals surface area contributed by atoms with E-state index in [0.29, 0.717) is 11.5 Å². The van der Waals surface area contributed by atoms with Crippen molar-refractivity contribution in [1.29, 1.82) is 0 Å². The van der Waals surface area contributed by atoms with Crippen molar-refractivity contribution in [1.82, 2.24) is 0 Å². The fourth-order valence-electron chi connectivity index (χ4n) is 2.11. The quantitative estimate of drug-likeness (QED) is 0.919. The van der Waals surface area contributed by atoms with Crippen molar-refractivity contribution in [2.24, 2.45) is 5.73 Å². The molecule has 0 bridgehead atoms. The summed E-state index contributed by atoms with van der Waals surface area (Å²) in [5.74, 6) is 2.96. The molecule has 1 atom stereocenters. The van der Waals surface area contributed by atoms with Gasteiger partial charge in [0, 0.05) is 0 Å². The lowest BCUT2D eigenvalue weighted by atomic mass is 9.99. The summed E-state index contributed by atoms with van der Waals surface area (Å²) in [6.07, 6.45) is 0. The molecule has 19 heavy (non-hydrogen) atoms. The summed E-state index contributed by atoms with van der Waals surface area (Å²) in [6.45, 7) is 3.89. The number of methoxy groups -OCH3 is 2. The van der Waals surface area contributed by atoms with Crippen LogP contribution in [0.5, 0.6) is 11.5 Å². The maximum atomic E-state index is 6.26. The average Bonchev–Trinajstić information content (AvgIpc) is 2.84. The van der Waals surface area contributed by atoms with E-state index in [2.05, 4.69) is 0 Å². The summed E-state index contributed by atoms with van der Waals surface area (Å²) in [5, 5.41) is 0. The normalized spacial score (nSPS) is 12.3. The second-order valence-corrected chi connectivity index (χ2v) is 4.49. The highest BCUT2D eigenvalue weighted by Gasteiger charge is 2.18. The second-order valence-electron chi connectivity index (χ2n) is 4.49. The molecule has 0 radical (unpaired) electrons. The number of rotatable bonds is 4. The molecule has 1 heterocycles. The van der Waals surface area contributed by atoms with Gasteiger partial charge in [0.1, 0.15) is 11.5 Å². The van der Waals surface area contributed by atoms with Gasteiger partial charge >= 0.3 is 0 Å². The Morgan fingerprint density at radius 2 is 1.68 bits per heavy atom. The van der Waals surface area contributed by atoms with E-state index in [1.165, 1.54) is 0 Å².